The Bertz CT molecular complexity index is 120. The Labute approximate surface area is 39.9 Å². The molecule has 0 saturated heterocycles. The first kappa shape index (κ1) is 4.26. The SMILES string of the molecule is O=C1NC=NC1O. The van der Waals surface area contributed by atoms with Gasteiger partial charge in [-0.2, -0.15) is 0 Å². The zero-order chi connectivity index (χ0) is 5.28. The number of hydrogen-bond acceptors (Lipinski definition) is 3. The molecule has 38 valence electrons. The number of hydrogen-bond donors (Lipinski definition) is 2. The Morgan fingerprint density at radius 1 is 2.00 bits per heavy atom. The standard InChI is InChI=1S/C3H4N2O2/c6-2-3(7)5-1-4-2/h1-2,6H,(H,4,5,7). The molecule has 0 aromatic carbocycles. The van der Waals surface area contributed by atoms with E-state index in [1.54, 1.807) is 0 Å². The van der Waals surface area contributed by atoms with Crippen molar-refractivity contribution in [2.45, 2.75) is 6.23 Å². The van der Waals surface area contributed by atoms with Crippen LogP contribution in [0.15, 0.2) is 4.99 Å². The van der Waals surface area contributed by atoms with Gasteiger partial charge in [0.05, 0.1) is 6.34 Å². The highest BCUT2D eigenvalue weighted by molar-refractivity contribution is 5.95. The number of aliphatic hydroxyl groups excluding tert-OH is 1. The number of aliphatic imine (C=N–C) groups is 1. The van der Waals surface area contributed by atoms with Crippen LogP contribution in [0, 0.1) is 0 Å². The van der Waals surface area contributed by atoms with Gasteiger partial charge in [-0.1, -0.05) is 0 Å². The van der Waals surface area contributed by atoms with Gasteiger partial charge in [0.25, 0.3) is 5.91 Å². The lowest BCUT2D eigenvalue weighted by Gasteiger charge is -1.88. The average Bonchev–Trinajstić information content (AvgIpc) is 1.91. The largest absolute Gasteiger partial charge is 0.364 e. The molecule has 2 N–H and O–H groups in total. The molecule has 0 radical (unpaired) electrons. The molecule has 4 nitrogen and oxygen atoms in total. The predicted molar refractivity (Wildman–Crippen MR) is 22.6 cm³/mol. The fourth-order valence-corrected chi connectivity index (χ4v) is 0.314. The molecular weight excluding hydrogens is 96.0 g/mol. The monoisotopic (exact) mass is 100 g/mol. The molecule has 1 aliphatic heterocycles. The van der Waals surface area contributed by atoms with Crippen molar-refractivity contribution in [1.82, 2.24) is 5.32 Å². The summed E-state index contributed by atoms with van der Waals surface area (Å²) in [5, 5.41) is 10.6. The summed E-state index contributed by atoms with van der Waals surface area (Å²) in [7, 11) is 0. The van der Waals surface area contributed by atoms with E-state index in [0.29, 0.717) is 0 Å². The molecule has 1 atom stereocenters. The first-order valence-corrected chi connectivity index (χ1v) is 1.81. The Balaban J connectivity index is 2.62. The van der Waals surface area contributed by atoms with E-state index >= 15 is 0 Å². The van der Waals surface area contributed by atoms with E-state index in [1.165, 1.54) is 6.34 Å². The minimum Gasteiger partial charge on any atom is -0.364 e. The van der Waals surface area contributed by atoms with Gasteiger partial charge in [0.2, 0.25) is 6.23 Å². The Morgan fingerprint density at radius 2 is 2.71 bits per heavy atom. The zero-order valence-corrected chi connectivity index (χ0v) is 3.46. The molecule has 0 spiro atoms. The van der Waals surface area contributed by atoms with Crippen molar-refractivity contribution >= 4 is 12.2 Å². The van der Waals surface area contributed by atoms with Gasteiger partial charge in [-0.25, -0.2) is 4.99 Å². The Hall–Kier alpha value is -0.900. The number of rotatable bonds is 0. The van der Waals surface area contributed by atoms with Gasteiger partial charge >= 0.3 is 0 Å². The van der Waals surface area contributed by atoms with Crippen LogP contribution in [0.2, 0.25) is 0 Å². The third-order valence-corrected chi connectivity index (χ3v) is 0.657. The average molecular weight is 100 g/mol. The molecule has 4 heteroatoms. The highest BCUT2D eigenvalue weighted by atomic mass is 16.3. The second-order valence-electron chi connectivity index (χ2n) is 1.16. The fourth-order valence-electron chi connectivity index (χ4n) is 0.314. The summed E-state index contributed by atoms with van der Waals surface area (Å²) in [6.07, 6.45) is 0.00694. The van der Waals surface area contributed by atoms with Crippen molar-refractivity contribution in [3.05, 3.63) is 0 Å². The van der Waals surface area contributed by atoms with Gasteiger partial charge in [-0.3, -0.25) is 4.79 Å². The maximum atomic E-state index is 10.1. The van der Waals surface area contributed by atoms with Crippen LogP contribution in [0.5, 0.6) is 0 Å². The van der Waals surface area contributed by atoms with Crippen LogP contribution < -0.4 is 5.32 Å². The number of nitrogens with zero attached hydrogens (tertiary/aromatic N) is 1. The van der Waals surface area contributed by atoms with E-state index in [4.69, 9.17) is 5.11 Å². The lowest BCUT2D eigenvalue weighted by atomic mass is 10.6. The second-order valence-corrected chi connectivity index (χ2v) is 1.16. The number of aliphatic hydroxyl groups is 1. The van der Waals surface area contributed by atoms with Crippen molar-refractivity contribution < 1.29 is 9.90 Å². The van der Waals surface area contributed by atoms with E-state index in [2.05, 4.69) is 10.3 Å². The maximum Gasteiger partial charge on any atom is 0.276 e. The minimum atomic E-state index is -1.17. The van der Waals surface area contributed by atoms with Gasteiger partial charge in [-0.15, -0.1) is 0 Å². The van der Waals surface area contributed by atoms with E-state index in [1.807, 2.05) is 0 Å². The Morgan fingerprint density at radius 3 is 2.86 bits per heavy atom. The van der Waals surface area contributed by atoms with E-state index < -0.39 is 12.1 Å². The normalized spacial score (nSPS) is 28.1. The molecule has 1 heterocycles. The molecule has 1 rings (SSSR count). The van der Waals surface area contributed by atoms with Crippen LogP contribution in [0.25, 0.3) is 0 Å². The van der Waals surface area contributed by atoms with Crippen LogP contribution in [0.4, 0.5) is 0 Å². The summed E-state index contributed by atoms with van der Waals surface area (Å²) >= 11 is 0. The van der Waals surface area contributed by atoms with Gasteiger partial charge < -0.3 is 10.4 Å². The van der Waals surface area contributed by atoms with Gasteiger partial charge in [-0.05, 0) is 0 Å². The summed E-state index contributed by atoms with van der Waals surface area (Å²) in [6, 6.07) is 0. The molecule has 1 aliphatic rings. The summed E-state index contributed by atoms with van der Waals surface area (Å²) in [4.78, 5) is 13.4. The van der Waals surface area contributed by atoms with Gasteiger partial charge in [0, 0.05) is 0 Å². The maximum absolute atomic E-state index is 10.1. The van der Waals surface area contributed by atoms with E-state index in [-0.39, 0.29) is 0 Å². The minimum absolute atomic E-state index is 0.458. The van der Waals surface area contributed by atoms with Crippen LogP contribution in [-0.4, -0.2) is 23.6 Å². The number of carbonyl (C=O) groups excluding carboxylic acids is 1. The van der Waals surface area contributed by atoms with E-state index in [0.717, 1.165) is 0 Å². The van der Waals surface area contributed by atoms with Crippen molar-refractivity contribution in [3.8, 4) is 0 Å². The van der Waals surface area contributed by atoms with E-state index in [9.17, 15) is 4.79 Å². The summed E-state index contributed by atoms with van der Waals surface area (Å²) in [5.41, 5.74) is 0. The van der Waals surface area contributed by atoms with Crippen LogP contribution in [0.1, 0.15) is 0 Å². The van der Waals surface area contributed by atoms with Crippen LogP contribution >= 0.6 is 0 Å². The third-order valence-electron chi connectivity index (χ3n) is 0.657. The Kier molecular flexibility index (Phi) is 0.796. The predicted octanol–water partition coefficient (Wildman–Crippen LogP) is -1.54. The summed E-state index contributed by atoms with van der Waals surface area (Å²) < 4.78 is 0. The number of nitrogens with one attached hydrogen (secondary N) is 1. The lowest BCUT2D eigenvalue weighted by Crippen LogP contribution is -2.23. The fraction of sp³-hybridized carbons (Fsp3) is 0.333. The topological polar surface area (TPSA) is 61.7 Å². The highest BCUT2D eigenvalue weighted by Gasteiger charge is 2.15. The van der Waals surface area contributed by atoms with Crippen LogP contribution in [-0.2, 0) is 4.79 Å². The summed E-state index contributed by atoms with van der Waals surface area (Å²) in [5.74, 6) is -0.458. The number of carbonyl (C=O) groups is 1. The molecule has 0 aromatic heterocycles. The van der Waals surface area contributed by atoms with Gasteiger partial charge in [0.15, 0.2) is 0 Å². The molecule has 0 saturated carbocycles. The molecule has 1 amide bonds. The smallest absolute Gasteiger partial charge is 0.276 e. The molecule has 1 unspecified atom stereocenters. The molecule has 7 heavy (non-hydrogen) atoms. The third kappa shape index (κ3) is 0.592. The molecule has 0 aromatic rings. The van der Waals surface area contributed by atoms with Gasteiger partial charge in [0.1, 0.15) is 0 Å². The van der Waals surface area contributed by atoms with Crippen LogP contribution in [0.3, 0.4) is 0 Å². The molecule has 0 aliphatic carbocycles. The lowest BCUT2D eigenvalue weighted by molar-refractivity contribution is -0.126. The summed E-state index contributed by atoms with van der Waals surface area (Å²) in [6.45, 7) is 0. The molecule has 0 fully saturated rings. The zero-order valence-electron chi connectivity index (χ0n) is 3.46. The van der Waals surface area contributed by atoms with Crippen molar-refractivity contribution in [2.75, 3.05) is 0 Å². The number of amides is 1. The first-order chi connectivity index (χ1) is 3.30. The first-order valence-electron chi connectivity index (χ1n) is 1.81. The molecule has 0 bridgehead atoms. The highest BCUT2D eigenvalue weighted by Crippen LogP contribution is 1.87. The van der Waals surface area contributed by atoms with Crippen molar-refractivity contribution in [2.24, 2.45) is 4.99 Å². The second kappa shape index (κ2) is 1.31. The molecular formula is C3H4N2O2. The van der Waals surface area contributed by atoms with Crippen molar-refractivity contribution in [3.63, 3.8) is 0 Å². The van der Waals surface area contributed by atoms with Crippen molar-refractivity contribution in [1.29, 1.82) is 0 Å². The quantitative estimate of drug-likeness (QED) is 0.387.